The fourth-order valence-corrected chi connectivity index (χ4v) is 3.09. The monoisotopic (exact) mass is 298 g/mol. The first-order valence-electron chi connectivity index (χ1n) is 7.61. The summed E-state index contributed by atoms with van der Waals surface area (Å²) in [6, 6.07) is -0.462. The fraction of sp³-hybridized carbons (Fsp3) is 0.857. The van der Waals surface area contributed by atoms with E-state index < -0.39 is 6.04 Å². The molecule has 2 aliphatic heterocycles. The summed E-state index contributed by atoms with van der Waals surface area (Å²) >= 11 is 0. The maximum Gasteiger partial charge on any atom is 0.320 e. The molecule has 0 spiro atoms. The number of amides is 3. The highest BCUT2D eigenvalue weighted by Crippen LogP contribution is 2.19. The van der Waals surface area contributed by atoms with E-state index in [1.54, 1.807) is 11.8 Å². The summed E-state index contributed by atoms with van der Waals surface area (Å²) in [6.07, 6.45) is 0. The molecular formula is C14H26N4O3. The van der Waals surface area contributed by atoms with Crippen molar-refractivity contribution in [3.05, 3.63) is 0 Å². The molecule has 2 unspecified atom stereocenters. The van der Waals surface area contributed by atoms with Gasteiger partial charge < -0.3 is 25.2 Å². The number of hydrogen-bond acceptors (Lipinski definition) is 4. The first-order valence-corrected chi connectivity index (χ1v) is 7.61. The van der Waals surface area contributed by atoms with E-state index in [4.69, 9.17) is 10.5 Å². The average molecular weight is 298 g/mol. The molecule has 2 heterocycles. The Morgan fingerprint density at radius 2 is 1.62 bits per heavy atom. The lowest BCUT2D eigenvalue weighted by atomic mass is 10.1. The van der Waals surface area contributed by atoms with Gasteiger partial charge in [-0.25, -0.2) is 4.79 Å². The number of morpholine rings is 1. The maximum atomic E-state index is 12.7. The summed E-state index contributed by atoms with van der Waals surface area (Å²) in [6.45, 7) is 9.21. The van der Waals surface area contributed by atoms with Crippen molar-refractivity contribution in [1.82, 2.24) is 14.7 Å². The third-order valence-electron chi connectivity index (χ3n) is 4.12. The van der Waals surface area contributed by atoms with Crippen LogP contribution in [-0.4, -0.2) is 84.2 Å². The quantitative estimate of drug-likeness (QED) is 0.721. The standard InChI is InChI=1S/C14H26N4O3/c1-10-8-17(13(19)12(3)15)9-11(2)18(10)14(20)16-4-6-21-7-5-16/h10-12H,4-9,15H2,1-3H3/t10?,11?,12-/m0/s1. The molecule has 0 aromatic carbocycles. The number of hydrogen-bond donors (Lipinski definition) is 1. The first-order chi connectivity index (χ1) is 9.91. The minimum absolute atomic E-state index is 0.00760. The number of rotatable bonds is 1. The molecule has 0 saturated carbocycles. The number of nitrogens with two attached hydrogens (primary N) is 1. The molecule has 2 fully saturated rings. The van der Waals surface area contributed by atoms with Gasteiger partial charge in [-0.05, 0) is 20.8 Å². The first kappa shape index (κ1) is 16.0. The minimum Gasteiger partial charge on any atom is -0.378 e. The van der Waals surface area contributed by atoms with Gasteiger partial charge in [-0.2, -0.15) is 0 Å². The Kier molecular flexibility index (Phi) is 5.05. The van der Waals surface area contributed by atoms with E-state index in [0.29, 0.717) is 39.4 Å². The molecule has 2 aliphatic rings. The Balaban J connectivity index is 2.02. The molecule has 2 N–H and O–H groups in total. The Hall–Kier alpha value is -1.34. The van der Waals surface area contributed by atoms with E-state index in [9.17, 15) is 9.59 Å². The SMILES string of the molecule is CC1CN(C(=O)[C@H](C)N)CC(C)N1C(=O)N1CCOCC1. The molecular weight excluding hydrogens is 272 g/mol. The molecule has 0 aromatic heterocycles. The third kappa shape index (κ3) is 3.47. The van der Waals surface area contributed by atoms with E-state index in [-0.39, 0.29) is 24.0 Å². The lowest BCUT2D eigenvalue weighted by molar-refractivity contribution is -0.135. The second kappa shape index (κ2) is 6.62. The zero-order valence-corrected chi connectivity index (χ0v) is 13.1. The zero-order chi connectivity index (χ0) is 15.6. The number of carbonyl (C=O) groups excluding carboxylic acids is 2. The topological polar surface area (TPSA) is 79.1 Å². The number of piperazine rings is 1. The van der Waals surface area contributed by atoms with Gasteiger partial charge in [0.15, 0.2) is 0 Å². The van der Waals surface area contributed by atoms with E-state index in [2.05, 4.69) is 0 Å². The Morgan fingerprint density at radius 1 is 1.10 bits per heavy atom. The molecule has 120 valence electrons. The van der Waals surface area contributed by atoms with Crippen molar-refractivity contribution in [2.45, 2.75) is 38.9 Å². The molecule has 3 amide bonds. The van der Waals surface area contributed by atoms with Crippen LogP contribution in [0.5, 0.6) is 0 Å². The van der Waals surface area contributed by atoms with E-state index >= 15 is 0 Å². The number of ether oxygens (including phenoxy) is 1. The summed E-state index contributed by atoms with van der Waals surface area (Å²) < 4.78 is 5.29. The fourth-order valence-electron chi connectivity index (χ4n) is 3.09. The summed E-state index contributed by atoms with van der Waals surface area (Å²) in [7, 11) is 0. The summed E-state index contributed by atoms with van der Waals surface area (Å²) in [5.74, 6) is -0.0489. The van der Waals surface area contributed by atoms with Gasteiger partial charge in [0, 0.05) is 38.3 Å². The molecule has 7 heteroatoms. The van der Waals surface area contributed by atoms with Gasteiger partial charge in [0.25, 0.3) is 0 Å². The molecule has 7 nitrogen and oxygen atoms in total. The van der Waals surface area contributed by atoms with Gasteiger partial charge >= 0.3 is 6.03 Å². The summed E-state index contributed by atoms with van der Waals surface area (Å²) in [4.78, 5) is 30.2. The van der Waals surface area contributed by atoms with Crippen LogP contribution < -0.4 is 5.73 Å². The van der Waals surface area contributed by atoms with Gasteiger partial charge in [-0.1, -0.05) is 0 Å². The molecule has 0 radical (unpaired) electrons. The van der Waals surface area contributed by atoms with Crippen LogP contribution in [0.25, 0.3) is 0 Å². The predicted molar refractivity (Wildman–Crippen MR) is 78.8 cm³/mol. The van der Waals surface area contributed by atoms with Crippen LogP contribution in [0.15, 0.2) is 0 Å². The molecule has 2 saturated heterocycles. The number of nitrogens with zero attached hydrogens (tertiary/aromatic N) is 3. The van der Waals surface area contributed by atoms with Crippen LogP contribution in [-0.2, 0) is 9.53 Å². The van der Waals surface area contributed by atoms with Crippen LogP contribution in [0.4, 0.5) is 4.79 Å². The highest BCUT2D eigenvalue weighted by Gasteiger charge is 2.37. The average Bonchev–Trinajstić information content (AvgIpc) is 2.46. The van der Waals surface area contributed by atoms with Crippen molar-refractivity contribution >= 4 is 11.9 Å². The van der Waals surface area contributed by atoms with Gasteiger partial charge in [-0.3, -0.25) is 4.79 Å². The molecule has 2 rings (SSSR count). The largest absolute Gasteiger partial charge is 0.378 e. The maximum absolute atomic E-state index is 12.7. The third-order valence-corrected chi connectivity index (χ3v) is 4.12. The Morgan fingerprint density at radius 3 is 2.10 bits per heavy atom. The normalized spacial score (nSPS) is 28.5. The van der Waals surface area contributed by atoms with Crippen LogP contribution >= 0.6 is 0 Å². The van der Waals surface area contributed by atoms with E-state index in [1.165, 1.54) is 0 Å². The second-order valence-corrected chi connectivity index (χ2v) is 6.02. The lowest BCUT2D eigenvalue weighted by Crippen LogP contribution is -2.64. The van der Waals surface area contributed by atoms with Crippen LogP contribution in [0.2, 0.25) is 0 Å². The van der Waals surface area contributed by atoms with E-state index in [0.717, 1.165) is 0 Å². The summed E-state index contributed by atoms with van der Waals surface area (Å²) in [5, 5.41) is 0. The molecule has 21 heavy (non-hydrogen) atoms. The Bertz CT molecular complexity index is 384. The van der Waals surface area contributed by atoms with Gasteiger partial charge in [0.2, 0.25) is 5.91 Å². The van der Waals surface area contributed by atoms with Gasteiger partial charge in [-0.15, -0.1) is 0 Å². The smallest absolute Gasteiger partial charge is 0.320 e. The van der Waals surface area contributed by atoms with Crippen molar-refractivity contribution in [2.24, 2.45) is 5.73 Å². The van der Waals surface area contributed by atoms with Gasteiger partial charge in [0.1, 0.15) is 0 Å². The highest BCUT2D eigenvalue weighted by molar-refractivity contribution is 5.82. The predicted octanol–water partition coefficient (Wildman–Crippen LogP) is -0.293. The van der Waals surface area contributed by atoms with Crippen molar-refractivity contribution in [3.8, 4) is 0 Å². The van der Waals surface area contributed by atoms with Crippen LogP contribution in [0.1, 0.15) is 20.8 Å². The van der Waals surface area contributed by atoms with Crippen molar-refractivity contribution in [2.75, 3.05) is 39.4 Å². The molecule has 0 aliphatic carbocycles. The lowest BCUT2D eigenvalue weighted by Gasteiger charge is -2.46. The molecule has 0 aromatic rings. The second-order valence-electron chi connectivity index (χ2n) is 6.02. The Labute approximate surface area is 126 Å². The molecule has 0 bridgehead atoms. The number of carbonyl (C=O) groups is 2. The van der Waals surface area contributed by atoms with Crippen LogP contribution in [0, 0.1) is 0 Å². The highest BCUT2D eigenvalue weighted by atomic mass is 16.5. The van der Waals surface area contributed by atoms with Crippen LogP contribution in [0.3, 0.4) is 0 Å². The van der Waals surface area contributed by atoms with E-state index in [1.807, 2.05) is 23.6 Å². The minimum atomic E-state index is -0.495. The van der Waals surface area contributed by atoms with Crippen molar-refractivity contribution in [1.29, 1.82) is 0 Å². The zero-order valence-electron chi connectivity index (χ0n) is 13.1. The van der Waals surface area contributed by atoms with Crippen molar-refractivity contribution < 1.29 is 14.3 Å². The van der Waals surface area contributed by atoms with Gasteiger partial charge in [0.05, 0.1) is 19.3 Å². The van der Waals surface area contributed by atoms with Crippen molar-refractivity contribution in [3.63, 3.8) is 0 Å². The number of urea groups is 1. The summed E-state index contributed by atoms with van der Waals surface area (Å²) in [5.41, 5.74) is 5.68. The molecule has 3 atom stereocenters.